The molecule has 0 amide bonds. The summed E-state index contributed by atoms with van der Waals surface area (Å²) in [5.74, 6) is 0.401. The van der Waals surface area contributed by atoms with Crippen molar-refractivity contribution in [2.24, 2.45) is 0 Å². The molecule has 1 aromatic rings. The molecule has 1 rings (SSSR count). The fourth-order valence-corrected chi connectivity index (χ4v) is 2.62. The highest BCUT2D eigenvalue weighted by atomic mass is 79.9. The van der Waals surface area contributed by atoms with E-state index >= 15 is 0 Å². The standard InChI is InChI=1S/C11H12Br2O3/c1-3-16-11(14)6-8-9(13)4-7(12)5-10(8)15-2/h4-5H,3,6H2,1-2H3. The summed E-state index contributed by atoms with van der Waals surface area (Å²) < 4.78 is 11.8. The van der Waals surface area contributed by atoms with Crippen LogP contribution in [0.15, 0.2) is 21.1 Å². The van der Waals surface area contributed by atoms with Crippen molar-refractivity contribution in [3.63, 3.8) is 0 Å². The van der Waals surface area contributed by atoms with E-state index in [1.54, 1.807) is 14.0 Å². The van der Waals surface area contributed by atoms with Crippen LogP contribution in [-0.2, 0) is 16.0 Å². The number of esters is 1. The summed E-state index contributed by atoms with van der Waals surface area (Å²) >= 11 is 6.76. The fourth-order valence-electron chi connectivity index (χ4n) is 1.29. The number of hydrogen-bond donors (Lipinski definition) is 0. The highest BCUT2D eigenvalue weighted by Crippen LogP contribution is 2.31. The summed E-state index contributed by atoms with van der Waals surface area (Å²) in [6.07, 6.45) is 0.199. The van der Waals surface area contributed by atoms with Gasteiger partial charge in [-0.3, -0.25) is 4.79 Å². The highest BCUT2D eigenvalue weighted by molar-refractivity contribution is 9.11. The third-order valence-corrected chi connectivity index (χ3v) is 3.13. The van der Waals surface area contributed by atoms with Gasteiger partial charge >= 0.3 is 5.97 Å². The molecule has 0 bridgehead atoms. The molecule has 0 aliphatic carbocycles. The van der Waals surface area contributed by atoms with E-state index in [0.717, 1.165) is 14.5 Å². The van der Waals surface area contributed by atoms with Gasteiger partial charge in [0.1, 0.15) is 5.75 Å². The Labute approximate surface area is 111 Å². The normalized spacial score (nSPS) is 10.0. The van der Waals surface area contributed by atoms with Crippen LogP contribution in [0.5, 0.6) is 5.75 Å². The van der Waals surface area contributed by atoms with E-state index < -0.39 is 0 Å². The van der Waals surface area contributed by atoms with Crippen LogP contribution >= 0.6 is 31.9 Å². The average Bonchev–Trinajstić information content (AvgIpc) is 2.22. The molecule has 0 unspecified atom stereocenters. The summed E-state index contributed by atoms with van der Waals surface area (Å²) in [6.45, 7) is 2.17. The van der Waals surface area contributed by atoms with Gasteiger partial charge in [0.25, 0.3) is 0 Å². The maximum absolute atomic E-state index is 11.4. The van der Waals surface area contributed by atoms with Crippen molar-refractivity contribution >= 4 is 37.8 Å². The van der Waals surface area contributed by atoms with E-state index in [9.17, 15) is 4.79 Å². The quantitative estimate of drug-likeness (QED) is 0.780. The van der Waals surface area contributed by atoms with E-state index in [2.05, 4.69) is 31.9 Å². The second kappa shape index (κ2) is 6.25. The van der Waals surface area contributed by atoms with Crippen LogP contribution in [0, 0.1) is 0 Å². The molecule has 88 valence electrons. The predicted octanol–water partition coefficient (Wildman–Crippen LogP) is 3.33. The molecule has 0 aliphatic heterocycles. The molecule has 0 saturated heterocycles. The number of rotatable bonds is 4. The number of carbonyl (C=O) groups is 1. The van der Waals surface area contributed by atoms with Gasteiger partial charge in [-0.15, -0.1) is 0 Å². The number of halogens is 2. The maximum atomic E-state index is 11.4. The lowest BCUT2D eigenvalue weighted by atomic mass is 10.1. The van der Waals surface area contributed by atoms with Gasteiger partial charge in [-0.1, -0.05) is 31.9 Å². The van der Waals surface area contributed by atoms with Crippen LogP contribution in [-0.4, -0.2) is 19.7 Å². The largest absolute Gasteiger partial charge is 0.496 e. The summed E-state index contributed by atoms with van der Waals surface area (Å²) in [5, 5.41) is 0. The summed E-state index contributed by atoms with van der Waals surface area (Å²) in [4.78, 5) is 11.4. The van der Waals surface area contributed by atoms with Crippen LogP contribution in [0.1, 0.15) is 12.5 Å². The number of methoxy groups -OCH3 is 1. The van der Waals surface area contributed by atoms with Crippen LogP contribution in [0.25, 0.3) is 0 Å². The van der Waals surface area contributed by atoms with Gasteiger partial charge in [0.05, 0.1) is 20.1 Å². The zero-order valence-corrected chi connectivity index (χ0v) is 12.2. The molecule has 0 fully saturated rings. The molecule has 1 aromatic carbocycles. The monoisotopic (exact) mass is 350 g/mol. The second-order valence-electron chi connectivity index (χ2n) is 3.05. The molecule has 0 aliphatic rings. The molecular weight excluding hydrogens is 340 g/mol. The molecule has 0 N–H and O–H groups in total. The Balaban J connectivity index is 2.98. The van der Waals surface area contributed by atoms with E-state index in [1.165, 1.54) is 0 Å². The first kappa shape index (κ1) is 13.5. The Bertz CT molecular complexity index is 391. The second-order valence-corrected chi connectivity index (χ2v) is 4.82. The Morgan fingerprint density at radius 2 is 2.06 bits per heavy atom. The van der Waals surface area contributed by atoms with E-state index in [1.807, 2.05) is 12.1 Å². The lowest BCUT2D eigenvalue weighted by Crippen LogP contribution is -2.09. The summed E-state index contributed by atoms with van der Waals surface area (Å²) in [7, 11) is 1.57. The van der Waals surface area contributed by atoms with Crippen molar-refractivity contribution in [1.29, 1.82) is 0 Å². The zero-order valence-electron chi connectivity index (χ0n) is 9.05. The first-order chi connectivity index (χ1) is 7.58. The molecule has 0 atom stereocenters. The Kier molecular flexibility index (Phi) is 5.28. The maximum Gasteiger partial charge on any atom is 0.310 e. The molecule has 5 heteroatoms. The van der Waals surface area contributed by atoms with E-state index in [0.29, 0.717) is 12.4 Å². The number of carbonyl (C=O) groups excluding carboxylic acids is 1. The van der Waals surface area contributed by atoms with Crippen molar-refractivity contribution in [2.75, 3.05) is 13.7 Å². The van der Waals surface area contributed by atoms with Gasteiger partial charge in [-0.05, 0) is 19.1 Å². The number of hydrogen-bond acceptors (Lipinski definition) is 3. The Morgan fingerprint density at radius 3 is 2.62 bits per heavy atom. The minimum Gasteiger partial charge on any atom is -0.496 e. The fraction of sp³-hybridized carbons (Fsp3) is 0.364. The molecule has 0 spiro atoms. The molecule has 16 heavy (non-hydrogen) atoms. The third kappa shape index (κ3) is 3.49. The zero-order chi connectivity index (χ0) is 12.1. The van der Waals surface area contributed by atoms with Crippen molar-refractivity contribution in [3.05, 3.63) is 26.6 Å². The number of benzene rings is 1. The molecular formula is C11H12Br2O3. The van der Waals surface area contributed by atoms with Crippen molar-refractivity contribution in [1.82, 2.24) is 0 Å². The van der Waals surface area contributed by atoms with Gasteiger partial charge in [0, 0.05) is 14.5 Å². The van der Waals surface area contributed by atoms with Crippen molar-refractivity contribution < 1.29 is 14.3 Å². The summed E-state index contributed by atoms with van der Waals surface area (Å²) in [6, 6.07) is 3.69. The average molecular weight is 352 g/mol. The van der Waals surface area contributed by atoms with Crippen LogP contribution in [0.4, 0.5) is 0 Å². The lowest BCUT2D eigenvalue weighted by molar-refractivity contribution is -0.142. The lowest BCUT2D eigenvalue weighted by Gasteiger charge is -2.10. The molecule has 0 radical (unpaired) electrons. The van der Waals surface area contributed by atoms with E-state index in [-0.39, 0.29) is 12.4 Å². The topological polar surface area (TPSA) is 35.5 Å². The predicted molar refractivity (Wildman–Crippen MR) is 68.7 cm³/mol. The minimum atomic E-state index is -0.260. The molecule has 3 nitrogen and oxygen atoms in total. The van der Waals surface area contributed by atoms with Gasteiger partial charge < -0.3 is 9.47 Å². The Hall–Kier alpha value is -0.550. The van der Waals surface area contributed by atoms with Gasteiger partial charge in [-0.25, -0.2) is 0 Å². The van der Waals surface area contributed by atoms with Crippen LogP contribution < -0.4 is 4.74 Å². The molecule has 0 heterocycles. The van der Waals surface area contributed by atoms with Crippen LogP contribution in [0.3, 0.4) is 0 Å². The first-order valence-electron chi connectivity index (χ1n) is 4.76. The Morgan fingerprint density at radius 1 is 1.38 bits per heavy atom. The van der Waals surface area contributed by atoms with Gasteiger partial charge in [0.2, 0.25) is 0 Å². The number of ether oxygens (including phenoxy) is 2. The van der Waals surface area contributed by atoms with Crippen molar-refractivity contribution in [2.45, 2.75) is 13.3 Å². The van der Waals surface area contributed by atoms with E-state index in [4.69, 9.17) is 9.47 Å². The van der Waals surface area contributed by atoms with Gasteiger partial charge in [-0.2, -0.15) is 0 Å². The summed E-state index contributed by atoms with van der Waals surface area (Å²) in [5.41, 5.74) is 0.796. The molecule has 0 aromatic heterocycles. The third-order valence-electron chi connectivity index (χ3n) is 1.97. The SMILES string of the molecule is CCOC(=O)Cc1c(Br)cc(Br)cc1OC. The van der Waals surface area contributed by atoms with Gasteiger partial charge in [0.15, 0.2) is 0 Å². The highest BCUT2D eigenvalue weighted by Gasteiger charge is 2.14. The first-order valence-corrected chi connectivity index (χ1v) is 6.34. The smallest absolute Gasteiger partial charge is 0.310 e. The van der Waals surface area contributed by atoms with Crippen LogP contribution in [0.2, 0.25) is 0 Å². The minimum absolute atomic E-state index is 0.199. The molecule has 0 saturated carbocycles. The van der Waals surface area contributed by atoms with Crippen molar-refractivity contribution in [3.8, 4) is 5.75 Å².